The zero-order valence-corrected chi connectivity index (χ0v) is 21.0. The summed E-state index contributed by atoms with van der Waals surface area (Å²) in [6.45, 7) is 1.39. The summed E-state index contributed by atoms with van der Waals surface area (Å²) in [5, 5.41) is 7.38. The molecule has 3 aliphatic rings. The summed E-state index contributed by atoms with van der Waals surface area (Å²) < 4.78 is 40.2. The number of halogens is 3. The van der Waals surface area contributed by atoms with Crippen LogP contribution >= 0.6 is 0 Å². The average Bonchev–Trinajstić information content (AvgIpc) is 3.47. The number of hydrogen-bond donors (Lipinski definition) is 3. The topological polar surface area (TPSA) is 117 Å². The van der Waals surface area contributed by atoms with Crippen molar-refractivity contribution in [3.05, 3.63) is 86.6 Å². The van der Waals surface area contributed by atoms with Crippen LogP contribution in [0.2, 0.25) is 0 Å². The van der Waals surface area contributed by atoms with Gasteiger partial charge in [-0.2, -0.15) is 23.3 Å². The normalized spacial score (nSPS) is 20.3. The molecule has 200 valence electrons. The van der Waals surface area contributed by atoms with Gasteiger partial charge in [0.05, 0.1) is 5.56 Å². The van der Waals surface area contributed by atoms with Crippen LogP contribution in [0.5, 0.6) is 0 Å². The van der Waals surface area contributed by atoms with Gasteiger partial charge in [0, 0.05) is 42.2 Å². The Balaban J connectivity index is 1.18. The van der Waals surface area contributed by atoms with Gasteiger partial charge in [0.1, 0.15) is 11.1 Å². The number of piperidine rings is 1. The molecule has 0 unspecified atom stereocenters. The molecule has 1 aromatic carbocycles. The second kappa shape index (κ2) is 8.51. The number of nitrogens with zero attached hydrogens (tertiary/aromatic N) is 4. The molecule has 1 spiro atoms. The molecule has 1 aliphatic heterocycles. The highest BCUT2D eigenvalue weighted by atomic mass is 19.4. The first kappa shape index (κ1) is 24.1. The van der Waals surface area contributed by atoms with E-state index in [1.165, 1.54) is 11.1 Å². The number of rotatable bonds is 2. The Morgan fingerprint density at radius 2 is 1.95 bits per heavy atom. The van der Waals surface area contributed by atoms with Crippen molar-refractivity contribution in [2.75, 3.05) is 18.0 Å². The lowest BCUT2D eigenvalue weighted by Crippen LogP contribution is -2.45. The molecule has 0 radical (unpaired) electrons. The van der Waals surface area contributed by atoms with E-state index in [1.807, 2.05) is 6.07 Å². The molecule has 4 aromatic rings. The van der Waals surface area contributed by atoms with Crippen LogP contribution in [0.1, 0.15) is 58.9 Å². The number of anilines is 1. The number of aromatic amines is 2. The van der Waals surface area contributed by atoms with Crippen molar-refractivity contribution >= 4 is 22.6 Å². The fraction of sp³-hybridized carbons (Fsp3) is 0.357. The van der Waals surface area contributed by atoms with Crippen LogP contribution in [0.15, 0.2) is 47.4 Å². The van der Waals surface area contributed by atoms with E-state index in [2.05, 4.69) is 48.2 Å². The lowest BCUT2D eigenvalue weighted by Gasteiger charge is -2.42. The number of allylic oxidation sites excluding steroid dienone is 1. The number of alkyl halides is 3. The molecule has 4 heterocycles. The third-order valence-electron chi connectivity index (χ3n) is 8.64. The summed E-state index contributed by atoms with van der Waals surface area (Å²) in [5.41, 5.74) is 9.91. The monoisotopic (exact) mass is 533 g/mol. The SMILES string of the molecule is N[C@@H]1c2ccccc2CC12CCN(c1nc3[nH]nc(C4=CCCc5ncc(C(F)(F)F)cc54)c3c(=O)[nH]1)CC2. The van der Waals surface area contributed by atoms with Crippen LogP contribution in [-0.4, -0.2) is 38.2 Å². The molecule has 7 rings (SSSR count). The summed E-state index contributed by atoms with van der Waals surface area (Å²) in [4.78, 5) is 27.0. The van der Waals surface area contributed by atoms with E-state index in [9.17, 15) is 18.0 Å². The van der Waals surface area contributed by atoms with Crippen LogP contribution in [-0.2, 0) is 19.0 Å². The third-order valence-corrected chi connectivity index (χ3v) is 8.64. The number of hydrogen-bond acceptors (Lipinski definition) is 6. The molecule has 2 aliphatic carbocycles. The number of nitrogens with one attached hydrogen (secondary N) is 2. The minimum atomic E-state index is -4.52. The largest absolute Gasteiger partial charge is 0.417 e. The molecule has 4 N–H and O–H groups in total. The number of aryl methyl sites for hydroxylation is 1. The molecule has 39 heavy (non-hydrogen) atoms. The Bertz CT molecular complexity index is 1700. The standard InChI is InChI=1S/C28H26F3N7O/c29-28(30,31)16-12-19-18(6-3-7-20(19)33-14-16)22-21-24(37-36-22)34-26(35-25(21)39)38-10-8-27(9-11-38)13-15-4-1-2-5-17(15)23(27)32/h1-2,4-6,12,14,23H,3,7-11,13,32H2,(H2,34,35,36,37,39)/t23-/m1/s1. The van der Waals surface area contributed by atoms with Crippen LogP contribution < -0.4 is 16.2 Å². The fourth-order valence-corrected chi connectivity index (χ4v) is 6.51. The van der Waals surface area contributed by atoms with Gasteiger partial charge in [-0.25, -0.2) is 0 Å². The van der Waals surface area contributed by atoms with Crippen molar-refractivity contribution in [2.45, 2.75) is 44.3 Å². The highest BCUT2D eigenvalue weighted by Gasteiger charge is 2.46. The summed E-state index contributed by atoms with van der Waals surface area (Å²) in [7, 11) is 0. The Kier molecular flexibility index (Phi) is 5.25. The number of benzene rings is 1. The molecule has 0 bridgehead atoms. The number of aromatic nitrogens is 5. The number of fused-ring (bicyclic) bond motifs is 3. The third kappa shape index (κ3) is 3.78. The first-order chi connectivity index (χ1) is 18.7. The van der Waals surface area contributed by atoms with E-state index in [-0.39, 0.29) is 22.5 Å². The lowest BCUT2D eigenvalue weighted by atomic mass is 9.73. The average molecular weight is 534 g/mol. The highest BCUT2D eigenvalue weighted by molar-refractivity contribution is 5.94. The van der Waals surface area contributed by atoms with Gasteiger partial charge in [0.25, 0.3) is 5.56 Å². The fourth-order valence-electron chi connectivity index (χ4n) is 6.51. The van der Waals surface area contributed by atoms with E-state index in [4.69, 9.17) is 5.73 Å². The first-order valence-electron chi connectivity index (χ1n) is 13.1. The van der Waals surface area contributed by atoms with E-state index < -0.39 is 17.3 Å². The molecule has 0 amide bonds. The first-order valence-corrected chi connectivity index (χ1v) is 13.1. The van der Waals surface area contributed by atoms with Gasteiger partial charge in [0.15, 0.2) is 5.65 Å². The van der Waals surface area contributed by atoms with Crippen molar-refractivity contribution < 1.29 is 13.2 Å². The zero-order chi connectivity index (χ0) is 26.9. The summed E-state index contributed by atoms with van der Waals surface area (Å²) in [6.07, 6.45) is 1.93. The lowest BCUT2D eigenvalue weighted by molar-refractivity contribution is -0.137. The van der Waals surface area contributed by atoms with Crippen LogP contribution in [0.3, 0.4) is 0 Å². The number of pyridine rings is 1. The maximum Gasteiger partial charge on any atom is 0.417 e. The maximum atomic E-state index is 13.4. The quantitative estimate of drug-likeness (QED) is 0.354. The number of H-pyrrole nitrogens is 2. The minimum Gasteiger partial charge on any atom is -0.342 e. The molecular weight excluding hydrogens is 507 g/mol. The minimum absolute atomic E-state index is 0.00408. The highest BCUT2D eigenvalue weighted by Crippen LogP contribution is 2.50. The predicted octanol–water partition coefficient (Wildman–Crippen LogP) is 4.28. The number of nitrogens with two attached hydrogens (primary N) is 1. The Hall–Kier alpha value is -3.99. The smallest absolute Gasteiger partial charge is 0.342 e. The van der Waals surface area contributed by atoms with Gasteiger partial charge in [0.2, 0.25) is 5.95 Å². The molecule has 3 aromatic heterocycles. The molecule has 0 saturated carbocycles. The van der Waals surface area contributed by atoms with Gasteiger partial charge >= 0.3 is 6.18 Å². The van der Waals surface area contributed by atoms with Gasteiger partial charge in [-0.3, -0.25) is 19.9 Å². The molecule has 11 heteroatoms. The molecule has 1 atom stereocenters. The van der Waals surface area contributed by atoms with Gasteiger partial charge in [-0.15, -0.1) is 0 Å². The van der Waals surface area contributed by atoms with Crippen molar-refractivity contribution in [2.24, 2.45) is 11.1 Å². The van der Waals surface area contributed by atoms with Gasteiger partial charge in [-0.1, -0.05) is 30.3 Å². The van der Waals surface area contributed by atoms with E-state index in [0.29, 0.717) is 54.4 Å². The summed E-state index contributed by atoms with van der Waals surface area (Å²) >= 11 is 0. The molecule has 1 fully saturated rings. The molecular formula is C28H26F3N7O. The second-order valence-electron chi connectivity index (χ2n) is 10.8. The molecule has 1 saturated heterocycles. The predicted molar refractivity (Wildman–Crippen MR) is 140 cm³/mol. The van der Waals surface area contributed by atoms with E-state index >= 15 is 0 Å². The van der Waals surface area contributed by atoms with Crippen LogP contribution in [0.4, 0.5) is 19.1 Å². The Morgan fingerprint density at radius 3 is 2.72 bits per heavy atom. The molecule has 8 nitrogen and oxygen atoms in total. The van der Waals surface area contributed by atoms with Crippen molar-refractivity contribution in [1.29, 1.82) is 0 Å². The maximum absolute atomic E-state index is 13.4. The van der Waals surface area contributed by atoms with Crippen molar-refractivity contribution in [1.82, 2.24) is 25.1 Å². The second-order valence-corrected chi connectivity index (χ2v) is 10.8. The van der Waals surface area contributed by atoms with Crippen molar-refractivity contribution in [3.8, 4) is 0 Å². The van der Waals surface area contributed by atoms with E-state index in [1.54, 1.807) is 6.08 Å². The van der Waals surface area contributed by atoms with Crippen molar-refractivity contribution in [3.63, 3.8) is 0 Å². The Labute approximate surface area is 221 Å². The zero-order valence-electron chi connectivity index (χ0n) is 21.0. The van der Waals surface area contributed by atoms with Crippen LogP contribution in [0, 0.1) is 5.41 Å². The van der Waals surface area contributed by atoms with Crippen LogP contribution in [0.25, 0.3) is 16.6 Å². The van der Waals surface area contributed by atoms with Gasteiger partial charge in [-0.05, 0) is 54.7 Å². The Morgan fingerprint density at radius 1 is 1.15 bits per heavy atom. The summed E-state index contributed by atoms with van der Waals surface area (Å²) in [5.74, 6) is 0.445. The van der Waals surface area contributed by atoms with E-state index in [0.717, 1.165) is 31.5 Å². The van der Waals surface area contributed by atoms with Gasteiger partial charge < -0.3 is 10.6 Å². The summed E-state index contributed by atoms with van der Waals surface area (Å²) in [6, 6.07) is 9.42.